The maximum absolute atomic E-state index is 12.8. The van der Waals surface area contributed by atoms with E-state index < -0.39 is 57.8 Å². The van der Waals surface area contributed by atoms with Crippen molar-refractivity contribution in [1.29, 1.82) is 0 Å². The van der Waals surface area contributed by atoms with Gasteiger partial charge in [0.1, 0.15) is 12.7 Å². The molecule has 392 valence electrons. The molecule has 11 nitrogen and oxygen atoms in total. The summed E-state index contributed by atoms with van der Waals surface area (Å²) in [4.78, 5) is 48.3. The van der Waals surface area contributed by atoms with Gasteiger partial charge in [-0.05, 0) is 83.5 Å². The summed E-state index contributed by atoms with van der Waals surface area (Å²) in [7, 11) is -4.75. The van der Waals surface area contributed by atoms with E-state index >= 15 is 0 Å². The van der Waals surface area contributed by atoms with Crippen LogP contribution in [-0.4, -0.2) is 66.5 Å². The smallest absolute Gasteiger partial charge is 0.462 e. The van der Waals surface area contributed by atoms with E-state index in [4.69, 9.17) is 23.3 Å². The maximum Gasteiger partial charge on any atom is 0.472 e. The molecule has 0 fully saturated rings. The zero-order chi connectivity index (χ0) is 49.9. The van der Waals surface area contributed by atoms with E-state index in [-0.39, 0.29) is 25.9 Å². The minimum atomic E-state index is -4.75. The zero-order valence-corrected chi connectivity index (χ0v) is 43.9. The summed E-state index contributed by atoms with van der Waals surface area (Å²) in [5, 5.41) is 9.77. The van der Waals surface area contributed by atoms with Gasteiger partial charge in [0.2, 0.25) is 0 Å². The van der Waals surface area contributed by atoms with Crippen molar-refractivity contribution in [2.45, 2.75) is 238 Å². The summed E-state index contributed by atoms with van der Waals surface area (Å²) in [6.07, 6.45) is 54.4. The Hall–Kier alpha value is -3.08. The summed E-state index contributed by atoms with van der Waals surface area (Å²) < 4.78 is 39.3. The maximum atomic E-state index is 12.8. The number of aliphatic hydroxyl groups is 1. The fourth-order valence-corrected chi connectivity index (χ4v) is 7.82. The highest BCUT2D eigenvalue weighted by Gasteiger charge is 2.28. The molecule has 68 heavy (non-hydrogen) atoms. The lowest BCUT2D eigenvalue weighted by Gasteiger charge is -2.21. The molecule has 0 aliphatic carbocycles. The summed E-state index contributed by atoms with van der Waals surface area (Å²) in [5.41, 5.74) is 0. The molecule has 0 aliphatic heterocycles. The highest BCUT2D eigenvalue weighted by atomic mass is 31.2. The van der Waals surface area contributed by atoms with Crippen LogP contribution in [0, 0.1) is 0 Å². The van der Waals surface area contributed by atoms with Crippen LogP contribution in [0.15, 0.2) is 72.9 Å². The molecule has 0 aromatic carbocycles. The van der Waals surface area contributed by atoms with Crippen molar-refractivity contribution in [3.05, 3.63) is 72.9 Å². The lowest BCUT2D eigenvalue weighted by atomic mass is 10.1. The van der Waals surface area contributed by atoms with Crippen LogP contribution in [0.2, 0.25) is 0 Å². The Bertz CT molecular complexity index is 1420. The van der Waals surface area contributed by atoms with Crippen molar-refractivity contribution in [3.8, 4) is 0 Å². The molecule has 0 aromatic rings. The molecule has 0 saturated carbocycles. The number of phosphoric ester groups is 1. The second kappa shape index (κ2) is 50.3. The zero-order valence-electron chi connectivity index (χ0n) is 43.1. The van der Waals surface area contributed by atoms with Crippen LogP contribution in [0.4, 0.5) is 0 Å². The number of carbonyl (C=O) groups is 3. The Morgan fingerprint density at radius 2 is 0.794 bits per heavy atom. The average Bonchev–Trinajstić information content (AvgIpc) is 3.32. The van der Waals surface area contributed by atoms with Crippen LogP contribution < -0.4 is 0 Å². The van der Waals surface area contributed by atoms with E-state index in [0.717, 1.165) is 122 Å². The molecule has 12 heteroatoms. The van der Waals surface area contributed by atoms with Crippen molar-refractivity contribution in [1.82, 2.24) is 0 Å². The lowest BCUT2D eigenvalue weighted by molar-refractivity contribution is -0.161. The van der Waals surface area contributed by atoms with E-state index in [9.17, 15) is 28.9 Å². The number of unbranched alkanes of at least 4 members (excludes halogenated alkanes) is 20. The van der Waals surface area contributed by atoms with Crippen molar-refractivity contribution < 1.29 is 52.2 Å². The van der Waals surface area contributed by atoms with Gasteiger partial charge in [-0.2, -0.15) is 0 Å². The molecule has 0 heterocycles. The predicted octanol–water partition coefficient (Wildman–Crippen LogP) is 15.4. The molecule has 0 saturated heterocycles. The number of hydrogen-bond acceptors (Lipinski definition) is 10. The molecule has 3 atom stereocenters. The normalized spacial score (nSPS) is 14.0. The van der Waals surface area contributed by atoms with E-state index in [1.165, 1.54) is 44.9 Å². The molecule has 0 rings (SSSR count). The highest BCUT2D eigenvalue weighted by molar-refractivity contribution is 7.47. The number of carbonyl (C=O) groups excluding carboxylic acids is 3. The summed E-state index contributed by atoms with van der Waals surface area (Å²) in [6, 6.07) is 0. The third-order valence-electron chi connectivity index (χ3n) is 11.1. The van der Waals surface area contributed by atoms with Crippen molar-refractivity contribution >= 4 is 25.7 Å². The topological polar surface area (TPSA) is 155 Å². The molecule has 0 amide bonds. The Morgan fingerprint density at radius 1 is 0.426 bits per heavy atom. The van der Waals surface area contributed by atoms with E-state index in [0.29, 0.717) is 19.3 Å². The van der Waals surface area contributed by atoms with Crippen molar-refractivity contribution in [3.63, 3.8) is 0 Å². The van der Waals surface area contributed by atoms with E-state index in [1.807, 2.05) is 0 Å². The molecule has 0 aliphatic rings. The molecule has 2 N–H and O–H groups in total. The van der Waals surface area contributed by atoms with Crippen molar-refractivity contribution in [2.75, 3.05) is 26.4 Å². The highest BCUT2D eigenvalue weighted by Crippen LogP contribution is 2.43. The number of rotatable bonds is 49. The SMILES string of the molecule is CC/C=C\C/C=C\C/C=C\C/C=C\CCCCCCC(=O)OCC(COP(=O)(O)OCC(CO)OC(=O)CCCCCCCCCCCCC)OC(=O)CCCCCCC/C=C\C/C=C\CCC. The van der Waals surface area contributed by atoms with Crippen molar-refractivity contribution in [2.24, 2.45) is 0 Å². The molecule has 3 unspecified atom stereocenters. The Labute approximate surface area is 414 Å². The third-order valence-corrected chi connectivity index (χ3v) is 12.0. The first kappa shape index (κ1) is 64.9. The number of hydrogen-bond donors (Lipinski definition) is 2. The van der Waals surface area contributed by atoms with Gasteiger partial charge in [-0.1, -0.05) is 196 Å². The molecule has 0 radical (unpaired) electrons. The molecular formula is C56H97O11P. The quantitative estimate of drug-likeness (QED) is 0.0197. The number of ether oxygens (including phenoxy) is 3. The van der Waals surface area contributed by atoms with Crippen LogP contribution in [0.3, 0.4) is 0 Å². The van der Waals surface area contributed by atoms with Gasteiger partial charge in [0.05, 0.1) is 19.8 Å². The second-order valence-electron chi connectivity index (χ2n) is 17.7. The van der Waals surface area contributed by atoms with Gasteiger partial charge >= 0.3 is 25.7 Å². The van der Waals surface area contributed by atoms with Gasteiger partial charge in [0, 0.05) is 19.3 Å². The predicted molar refractivity (Wildman–Crippen MR) is 279 cm³/mol. The molecule has 0 spiro atoms. The summed E-state index contributed by atoms with van der Waals surface area (Å²) >= 11 is 0. The Morgan fingerprint density at radius 3 is 1.24 bits per heavy atom. The number of aliphatic hydroxyl groups excluding tert-OH is 1. The number of phosphoric acid groups is 1. The monoisotopic (exact) mass is 977 g/mol. The minimum absolute atomic E-state index is 0.144. The van der Waals surface area contributed by atoms with Crippen LogP contribution >= 0.6 is 7.82 Å². The van der Waals surface area contributed by atoms with Crippen LogP contribution in [0.25, 0.3) is 0 Å². The van der Waals surface area contributed by atoms with Crippen LogP contribution in [0.1, 0.15) is 226 Å². The third kappa shape index (κ3) is 48.0. The van der Waals surface area contributed by atoms with Crippen LogP contribution in [-0.2, 0) is 42.2 Å². The van der Waals surface area contributed by atoms with Gasteiger partial charge in [0.25, 0.3) is 0 Å². The second-order valence-corrected chi connectivity index (χ2v) is 19.1. The molecular weight excluding hydrogens is 880 g/mol. The molecule has 0 aromatic heterocycles. The van der Waals surface area contributed by atoms with Gasteiger partial charge in [-0.3, -0.25) is 23.4 Å². The van der Waals surface area contributed by atoms with Gasteiger partial charge in [-0.25, -0.2) is 4.57 Å². The van der Waals surface area contributed by atoms with Crippen LogP contribution in [0.5, 0.6) is 0 Å². The number of esters is 3. The standard InChI is InChI=1S/C56H97O11P/c1-4-7-10-13-16-19-22-24-25-26-27-29-31-33-36-39-42-45-54(58)63-49-53(67-56(60)47-44-41-38-35-32-28-23-20-17-14-11-8-5-2)51-65-68(61,62)64-50-52(48-57)66-55(59)46-43-40-37-34-30-21-18-15-12-9-6-3/h7,10-11,14,16,19-20,23-25,27,29,52-53,57H,4-6,8-9,12-13,15,17-18,21-22,26,28,30-51H2,1-3H3,(H,61,62)/b10-7-,14-11-,19-16-,23-20-,25-24-,29-27-. The van der Waals surface area contributed by atoms with E-state index in [1.54, 1.807) is 0 Å². The fourth-order valence-electron chi connectivity index (χ4n) is 7.03. The first-order valence-corrected chi connectivity index (χ1v) is 28.3. The first-order chi connectivity index (χ1) is 33.2. The van der Waals surface area contributed by atoms with Gasteiger partial charge in [0.15, 0.2) is 6.10 Å². The average molecular weight is 977 g/mol. The number of allylic oxidation sites excluding steroid dienone is 12. The first-order valence-electron chi connectivity index (χ1n) is 26.8. The summed E-state index contributed by atoms with van der Waals surface area (Å²) in [5.74, 6) is -1.51. The van der Waals surface area contributed by atoms with Gasteiger partial charge in [-0.15, -0.1) is 0 Å². The van der Waals surface area contributed by atoms with Gasteiger partial charge < -0.3 is 24.2 Å². The van der Waals surface area contributed by atoms with E-state index in [2.05, 4.69) is 93.7 Å². The molecule has 0 bridgehead atoms. The Kier molecular flexibility index (Phi) is 48.0. The fraction of sp³-hybridized carbons (Fsp3) is 0.732. The minimum Gasteiger partial charge on any atom is -0.462 e. The largest absolute Gasteiger partial charge is 0.472 e. The lowest BCUT2D eigenvalue weighted by Crippen LogP contribution is -2.30. The summed E-state index contributed by atoms with van der Waals surface area (Å²) in [6.45, 7) is 4.40. The Balaban J connectivity index is 4.79.